The second-order valence-corrected chi connectivity index (χ2v) is 8.10. The van der Waals surface area contributed by atoms with Crippen molar-refractivity contribution in [1.82, 2.24) is 0 Å². The molecule has 5 nitrogen and oxygen atoms in total. The highest BCUT2D eigenvalue weighted by Gasteiger charge is 2.48. The first-order valence-electron chi connectivity index (χ1n) is 9.86. The number of anilines is 2. The topological polar surface area (TPSA) is 66.5 Å². The molecule has 1 aliphatic carbocycles. The lowest BCUT2D eigenvalue weighted by atomic mass is 9.82. The number of allylic oxidation sites excluding steroid dienone is 2. The normalized spacial score (nSPS) is 21.1. The van der Waals surface area contributed by atoms with Crippen molar-refractivity contribution in [2.75, 3.05) is 10.2 Å². The number of benzene rings is 2. The van der Waals surface area contributed by atoms with Gasteiger partial charge in [-0.15, -0.1) is 0 Å². The Kier molecular flexibility index (Phi) is 4.82. The number of hydrogen-bond acceptors (Lipinski definition) is 3. The number of rotatable bonds is 3. The van der Waals surface area contributed by atoms with E-state index >= 15 is 0 Å². The maximum Gasteiger partial charge on any atom is 0.255 e. The Balaban J connectivity index is 1.58. The minimum Gasteiger partial charge on any atom is -0.322 e. The molecule has 0 saturated carbocycles. The average molecular weight is 388 g/mol. The van der Waals surface area contributed by atoms with Crippen molar-refractivity contribution in [2.24, 2.45) is 11.8 Å². The van der Waals surface area contributed by atoms with Gasteiger partial charge < -0.3 is 5.32 Å². The summed E-state index contributed by atoms with van der Waals surface area (Å²) in [5, 5.41) is 2.90. The molecule has 3 amide bonds. The molecule has 148 valence electrons. The van der Waals surface area contributed by atoms with Gasteiger partial charge in [0.2, 0.25) is 11.8 Å². The van der Waals surface area contributed by atoms with Crippen LogP contribution in [0.3, 0.4) is 0 Å². The SMILES string of the molecule is CC1=CC[C@H]2C(=O)N(c3cccc(C(=O)Nc4cc(C)cc(C)c4)c3)C(=O)[C@@H]2C1. The number of carbonyl (C=O) groups is 3. The molecular formula is C24H24N2O3. The van der Waals surface area contributed by atoms with E-state index in [1.54, 1.807) is 24.3 Å². The Morgan fingerprint density at radius 3 is 2.38 bits per heavy atom. The van der Waals surface area contributed by atoms with Crippen LogP contribution in [0.15, 0.2) is 54.1 Å². The van der Waals surface area contributed by atoms with Crippen LogP contribution < -0.4 is 10.2 Å². The summed E-state index contributed by atoms with van der Waals surface area (Å²) in [7, 11) is 0. The molecule has 2 aliphatic rings. The van der Waals surface area contributed by atoms with Gasteiger partial charge in [-0.05, 0) is 75.1 Å². The average Bonchev–Trinajstić information content (AvgIpc) is 2.91. The summed E-state index contributed by atoms with van der Waals surface area (Å²) in [6.07, 6.45) is 3.27. The summed E-state index contributed by atoms with van der Waals surface area (Å²) >= 11 is 0. The van der Waals surface area contributed by atoms with Crippen molar-refractivity contribution in [2.45, 2.75) is 33.6 Å². The van der Waals surface area contributed by atoms with Crippen molar-refractivity contribution >= 4 is 29.1 Å². The summed E-state index contributed by atoms with van der Waals surface area (Å²) in [5.74, 6) is -1.19. The molecule has 0 unspecified atom stereocenters. The molecule has 0 bridgehead atoms. The highest BCUT2D eigenvalue weighted by atomic mass is 16.2. The van der Waals surface area contributed by atoms with Gasteiger partial charge in [-0.2, -0.15) is 0 Å². The third kappa shape index (κ3) is 3.60. The van der Waals surface area contributed by atoms with E-state index in [2.05, 4.69) is 5.32 Å². The number of amides is 3. The fourth-order valence-electron chi connectivity index (χ4n) is 4.33. The quantitative estimate of drug-likeness (QED) is 0.626. The summed E-state index contributed by atoms with van der Waals surface area (Å²) in [6, 6.07) is 12.6. The predicted molar refractivity (Wildman–Crippen MR) is 113 cm³/mol. The van der Waals surface area contributed by atoms with Gasteiger partial charge in [0, 0.05) is 11.3 Å². The third-order valence-corrected chi connectivity index (χ3v) is 5.67. The maximum atomic E-state index is 12.9. The monoisotopic (exact) mass is 388 g/mol. The molecule has 1 fully saturated rings. The summed E-state index contributed by atoms with van der Waals surface area (Å²) in [5.41, 5.74) is 4.86. The summed E-state index contributed by atoms with van der Waals surface area (Å²) in [4.78, 5) is 39.8. The predicted octanol–water partition coefficient (Wildman–Crippen LogP) is 4.40. The Hall–Kier alpha value is -3.21. The zero-order valence-corrected chi connectivity index (χ0v) is 16.9. The van der Waals surface area contributed by atoms with Gasteiger partial charge in [-0.1, -0.05) is 23.8 Å². The molecule has 5 heteroatoms. The molecule has 4 rings (SSSR count). The van der Waals surface area contributed by atoms with E-state index < -0.39 is 0 Å². The largest absolute Gasteiger partial charge is 0.322 e. The highest BCUT2D eigenvalue weighted by Crippen LogP contribution is 2.39. The second-order valence-electron chi connectivity index (χ2n) is 8.10. The van der Waals surface area contributed by atoms with E-state index in [1.165, 1.54) is 4.90 Å². The van der Waals surface area contributed by atoms with Crippen molar-refractivity contribution in [1.29, 1.82) is 0 Å². The number of aryl methyl sites for hydroxylation is 2. The van der Waals surface area contributed by atoms with Crippen molar-refractivity contribution in [3.63, 3.8) is 0 Å². The van der Waals surface area contributed by atoms with Gasteiger partial charge in [0.1, 0.15) is 0 Å². The number of hydrogen-bond donors (Lipinski definition) is 1. The number of carbonyl (C=O) groups excluding carboxylic acids is 3. The van der Waals surface area contributed by atoms with Gasteiger partial charge in [0.15, 0.2) is 0 Å². The van der Waals surface area contributed by atoms with E-state index in [0.29, 0.717) is 24.1 Å². The van der Waals surface area contributed by atoms with E-state index in [9.17, 15) is 14.4 Å². The molecule has 1 heterocycles. The van der Waals surface area contributed by atoms with Crippen molar-refractivity contribution in [3.8, 4) is 0 Å². The van der Waals surface area contributed by atoms with Gasteiger partial charge in [0.05, 0.1) is 17.5 Å². The second kappa shape index (κ2) is 7.32. The van der Waals surface area contributed by atoms with Crippen molar-refractivity contribution < 1.29 is 14.4 Å². The zero-order valence-electron chi connectivity index (χ0n) is 16.9. The first-order chi connectivity index (χ1) is 13.8. The molecule has 1 aliphatic heterocycles. The van der Waals surface area contributed by atoms with Gasteiger partial charge in [-0.25, -0.2) is 0 Å². The minimum absolute atomic E-state index is 0.167. The summed E-state index contributed by atoms with van der Waals surface area (Å²) in [6.45, 7) is 5.95. The van der Waals surface area contributed by atoms with E-state index in [4.69, 9.17) is 0 Å². The van der Waals surface area contributed by atoms with Gasteiger partial charge in [0.25, 0.3) is 5.91 Å². The van der Waals surface area contributed by atoms with Crippen LogP contribution in [0.4, 0.5) is 11.4 Å². The molecule has 2 atom stereocenters. The van der Waals surface area contributed by atoms with Crippen LogP contribution in [-0.2, 0) is 9.59 Å². The van der Waals surface area contributed by atoms with Gasteiger partial charge in [-0.3, -0.25) is 19.3 Å². The maximum absolute atomic E-state index is 12.9. The number of fused-ring (bicyclic) bond motifs is 1. The molecule has 2 aromatic carbocycles. The van der Waals surface area contributed by atoms with Crippen LogP contribution in [0, 0.1) is 25.7 Å². The molecular weight excluding hydrogens is 364 g/mol. The van der Waals surface area contributed by atoms with Crippen LogP contribution in [-0.4, -0.2) is 17.7 Å². The third-order valence-electron chi connectivity index (χ3n) is 5.67. The Morgan fingerprint density at radius 1 is 0.966 bits per heavy atom. The number of nitrogens with one attached hydrogen (secondary N) is 1. The molecule has 0 aromatic heterocycles. The first kappa shape index (κ1) is 19.1. The standard InChI is InChI=1S/C24H24N2O3/c1-14-7-8-20-21(12-14)24(29)26(23(20)28)19-6-4-5-17(13-19)22(27)25-18-10-15(2)9-16(3)11-18/h4-7,9-11,13,20-21H,8,12H2,1-3H3,(H,25,27)/t20-,21-/m1/s1. The van der Waals surface area contributed by atoms with Crippen LogP contribution >= 0.6 is 0 Å². The summed E-state index contributed by atoms with van der Waals surface area (Å²) < 4.78 is 0. The molecule has 29 heavy (non-hydrogen) atoms. The van der Waals surface area contributed by atoms with E-state index in [-0.39, 0.29) is 29.6 Å². The lowest BCUT2D eigenvalue weighted by Crippen LogP contribution is -2.31. The van der Waals surface area contributed by atoms with Crippen LogP contribution in [0.5, 0.6) is 0 Å². The number of nitrogens with zero attached hydrogens (tertiary/aromatic N) is 1. The highest BCUT2D eigenvalue weighted by molar-refractivity contribution is 6.22. The zero-order chi connectivity index (χ0) is 20.7. The molecule has 1 saturated heterocycles. The Morgan fingerprint density at radius 2 is 1.66 bits per heavy atom. The molecule has 0 spiro atoms. The first-order valence-corrected chi connectivity index (χ1v) is 9.86. The van der Waals surface area contributed by atoms with E-state index in [0.717, 1.165) is 22.4 Å². The number of imide groups is 1. The fourth-order valence-corrected chi connectivity index (χ4v) is 4.33. The molecule has 0 radical (unpaired) electrons. The Bertz CT molecular complexity index is 1030. The molecule has 1 N–H and O–H groups in total. The van der Waals surface area contributed by atoms with Crippen LogP contribution in [0.1, 0.15) is 41.3 Å². The van der Waals surface area contributed by atoms with Crippen LogP contribution in [0.2, 0.25) is 0 Å². The van der Waals surface area contributed by atoms with E-state index in [1.807, 2.05) is 45.0 Å². The Labute approximate surface area is 170 Å². The lowest BCUT2D eigenvalue weighted by Gasteiger charge is -2.18. The molecule has 2 aromatic rings. The van der Waals surface area contributed by atoms with Crippen LogP contribution in [0.25, 0.3) is 0 Å². The lowest BCUT2D eigenvalue weighted by molar-refractivity contribution is -0.122. The minimum atomic E-state index is -0.293. The smallest absolute Gasteiger partial charge is 0.255 e. The fraction of sp³-hybridized carbons (Fsp3) is 0.292. The van der Waals surface area contributed by atoms with Crippen molar-refractivity contribution in [3.05, 3.63) is 70.8 Å². The van der Waals surface area contributed by atoms with Gasteiger partial charge >= 0.3 is 0 Å².